The summed E-state index contributed by atoms with van der Waals surface area (Å²) in [6.07, 6.45) is -1.22. The molecule has 1 aliphatic heterocycles. The van der Waals surface area contributed by atoms with Crippen molar-refractivity contribution < 1.29 is 19.6 Å². The number of non-ortho nitro benzene ring substituents is 1. The number of ether oxygens (including phenoxy) is 1. The summed E-state index contributed by atoms with van der Waals surface area (Å²) in [6.45, 7) is -0.257. The van der Waals surface area contributed by atoms with Gasteiger partial charge in [0.25, 0.3) is 5.69 Å². The smallest absolute Gasteiger partial charge is 0.408 e. The second-order valence-corrected chi connectivity index (χ2v) is 3.61. The van der Waals surface area contributed by atoms with Gasteiger partial charge < -0.3 is 15.2 Å². The molecule has 1 aromatic rings. The fourth-order valence-corrected chi connectivity index (χ4v) is 1.69. The maximum atomic E-state index is 11.0. The fraction of sp³-hybridized carbons (Fsp3) is 0.300. The quantitative estimate of drug-likeness (QED) is 0.597. The lowest BCUT2D eigenvalue weighted by atomic mass is 10.0. The predicted octanol–water partition coefficient (Wildman–Crippen LogP) is 0.737. The van der Waals surface area contributed by atoms with Gasteiger partial charge in [0.1, 0.15) is 0 Å². The first-order chi connectivity index (χ1) is 8.11. The molecule has 1 heterocycles. The van der Waals surface area contributed by atoms with Crippen LogP contribution in [0.5, 0.6) is 0 Å². The third-order valence-corrected chi connectivity index (χ3v) is 2.53. The van der Waals surface area contributed by atoms with Gasteiger partial charge in [-0.25, -0.2) is 4.79 Å². The SMILES string of the molecule is O=C1N[C@@H](CO)[C@@H](c2ccc([N+](=O)[O-])cc2)O1. The number of rotatable bonds is 3. The Morgan fingerprint density at radius 2 is 2.06 bits per heavy atom. The second kappa shape index (κ2) is 4.38. The number of hydrogen-bond donors (Lipinski definition) is 2. The molecule has 2 rings (SSSR count). The molecule has 90 valence electrons. The van der Waals surface area contributed by atoms with Crippen LogP contribution in [0, 0.1) is 10.1 Å². The average Bonchev–Trinajstić information content (AvgIpc) is 2.70. The molecule has 2 atom stereocenters. The van der Waals surface area contributed by atoms with E-state index in [0.717, 1.165) is 0 Å². The van der Waals surface area contributed by atoms with Crippen LogP contribution in [0.3, 0.4) is 0 Å². The van der Waals surface area contributed by atoms with Gasteiger partial charge in [-0.15, -0.1) is 0 Å². The van der Waals surface area contributed by atoms with Crippen LogP contribution in [0.4, 0.5) is 10.5 Å². The Kier molecular flexibility index (Phi) is 2.92. The van der Waals surface area contributed by atoms with Crippen LogP contribution < -0.4 is 5.32 Å². The number of hydrogen-bond acceptors (Lipinski definition) is 5. The summed E-state index contributed by atoms with van der Waals surface area (Å²) >= 11 is 0. The zero-order valence-corrected chi connectivity index (χ0v) is 8.70. The molecule has 2 N–H and O–H groups in total. The molecule has 1 fully saturated rings. The summed E-state index contributed by atoms with van der Waals surface area (Å²) in [5.41, 5.74) is 0.569. The predicted molar refractivity (Wildman–Crippen MR) is 56.3 cm³/mol. The minimum Gasteiger partial charge on any atom is -0.439 e. The lowest BCUT2D eigenvalue weighted by molar-refractivity contribution is -0.384. The summed E-state index contributed by atoms with van der Waals surface area (Å²) in [6, 6.07) is 5.15. The highest BCUT2D eigenvalue weighted by Crippen LogP contribution is 2.27. The van der Waals surface area contributed by atoms with Crippen LogP contribution in [0.2, 0.25) is 0 Å². The number of nitro benzene ring substituents is 1. The molecule has 0 aromatic heterocycles. The highest BCUT2D eigenvalue weighted by atomic mass is 16.6. The van der Waals surface area contributed by atoms with Gasteiger partial charge in [-0.2, -0.15) is 0 Å². The number of aliphatic hydroxyl groups is 1. The Morgan fingerprint density at radius 1 is 1.41 bits per heavy atom. The zero-order chi connectivity index (χ0) is 12.4. The van der Waals surface area contributed by atoms with E-state index in [9.17, 15) is 14.9 Å². The van der Waals surface area contributed by atoms with E-state index in [1.807, 2.05) is 0 Å². The normalized spacial score (nSPS) is 23.0. The number of cyclic esters (lactones) is 1. The Morgan fingerprint density at radius 3 is 2.59 bits per heavy atom. The zero-order valence-electron chi connectivity index (χ0n) is 8.70. The first-order valence-electron chi connectivity index (χ1n) is 4.94. The molecule has 0 bridgehead atoms. The van der Waals surface area contributed by atoms with E-state index >= 15 is 0 Å². The third kappa shape index (κ3) is 2.18. The summed E-state index contributed by atoms with van der Waals surface area (Å²) < 4.78 is 4.97. The highest BCUT2D eigenvalue weighted by molar-refractivity contribution is 5.70. The highest BCUT2D eigenvalue weighted by Gasteiger charge is 2.34. The number of aliphatic hydroxyl groups excluding tert-OH is 1. The topological polar surface area (TPSA) is 102 Å². The molecule has 1 amide bonds. The van der Waals surface area contributed by atoms with Crippen LogP contribution in [0.25, 0.3) is 0 Å². The number of benzene rings is 1. The standard InChI is InChI=1S/C10H10N2O5/c13-5-8-9(17-10(14)11-8)6-1-3-7(4-2-6)12(15)16/h1-4,8-9,13H,5H2,(H,11,14)/t8-,9+/m0/s1. The van der Waals surface area contributed by atoms with Gasteiger partial charge in [0.2, 0.25) is 0 Å². The van der Waals surface area contributed by atoms with Crippen LogP contribution >= 0.6 is 0 Å². The van der Waals surface area contributed by atoms with Gasteiger partial charge >= 0.3 is 6.09 Å². The molecule has 0 radical (unpaired) electrons. The van der Waals surface area contributed by atoms with Crippen molar-refractivity contribution in [3.63, 3.8) is 0 Å². The molecular formula is C10H10N2O5. The molecule has 1 aromatic carbocycles. The Balaban J connectivity index is 2.22. The maximum Gasteiger partial charge on any atom is 0.408 e. The van der Waals surface area contributed by atoms with Crippen molar-refractivity contribution in [1.82, 2.24) is 5.32 Å². The fourth-order valence-electron chi connectivity index (χ4n) is 1.69. The molecule has 7 heteroatoms. The average molecular weight is 238 g/mol. The first-order valence-corrected chi connectivity index (χ1v) is 4.94. The van der Waals surface area contributed by atoms with Gasteiger partial charge in [-0.1, -0.05) is 0 Å². The minimum atomic E-state index is -0.617. The summed E-state index contributed by atoms with van der Waals surface area (Å²) in [4.78, 5) is 21.0. The van der Waals surface area contributed by atoms with Crippen molar-refractivity contribution in [3.8, 4) is 0 Å². The summed E-state index contributed by atoms with van der Waals surface area (Å²) in [5, 5.41) is 22.0. The van der Waals surface area contributed by atoms with Crippen molar-refractivity contribution in [2.24, 2.45) is 0 Å². The van der Waals surface area contributed by atoms with Crippen LogP contribution in [0.15, 0.2) is 24.3 Å². The van der Waals surface area contributed by atoms with Crippen molar-refractivity contribution in [3.05, 3.63) is 39.9 Å². The van der Waals surface area contributed by atoms with E-state index < -0.39 is 23.2 Å². The first kappa shape index (κ1) is 11.3. The van der Waals surface area contributed by atoms with E-state index in [1.165, 1.54) is 24.3 Å². The van der Waals surface area contributed by atoms with Gasteiger partial charge in [-0.3, -0.25) is 10.1 Å². The molecule has 1 saturated heterocycles. The number of amides is 1. The van der Waals surface area contributed by atoms with Crippen LogP contribution in [-0.2, 0) is 4.74 Å². The van der Waals surface area contributed by atoms with E-state index in [1.54, 1.807) is 0 Å². The van der Waals surface area contributed by atoms with E-state index in [0.29, 0.717) is 5.56 Å². The lowest BCUT2D eigenvalue weighted by Gasteiger charge is -2.14. The number of alkyl carbamates (subject to hydrolysis) is 1. The Bertz CT molecular complexity index is 445. The van der Waals surface area contributed by atoms with Gasteiger partial charge in [0.05, 0.1) is 17.6 Å². The molecular weight excluding hydrogens is 228 g/mol. The Labute approximate surface area is 96.2 Å². The molecule has 0 unspecified atom stereocenters. The number of carbonyl (C=O) groups excluding carboxylic acids is 1. The molecule has 1 aliphatic rings. The van der Waals surface area contributed by atoms with Crippen molar-refractivity contribution in [2.45, 2.75) is 12.1 Å². The van der Waals surface area contributed by atoms with Crippen molar-refractivity contribution in [2.75, 3.05) is 6.61 Å². The van der Waals surface area contributed by atoms with E-state index in [4.69, 9.17) is 9.84 Å². The number of nitrogens with one attached hydrogen (secondary N) is 1. The minimum absolute atomic E-state index is 0.0356. The van der Waals surface area contributed by atoms with Crippen molar-refractivity contribution >= 4 is 11.8 Å². The maximum absolute atomic E-state index is 11.0. The molecule has 0 spiro atoms. The van der Waals surface area contributed by atoms with Gasteiger partial charge in [0, 0.05) is 12.1 Å². The van der Waals surface area contributed by atoms with Crippen molar-refractivity contribution in [1.29, 1.82) is 0 Å². The molecule has 0 aliphatic carbocycles. The monoisotopic (exact) mass is 238 g/mol. The number of nitrogens with zero attached hydrogens (tertiary/aromatic N) is 1. The molecule has 17 heavy (non-hydrogen) atoms. The molecule has 7 nitrogen and oxygen atoms in total. The summed E-state index contributed by atoms with van der Waals surface area (Å²) in [5.74, 6) is 0. The van der Waals surface area contributed by atoms with Gasteiger partial charge in [0.15, 0.2) is 6.10 Å². The summed E-state index contributed by atoms with van der Waals surface area (Å²) in [7, 11) is 0. The molecule has 0 saturated carbocycles. The third-order valence-electron chi connectivity index (χ3n) is 2.53. The Hall–Kier alpha value is -2.15. The van der Waals surface area contributed by atoms with E-state index in [-0.39, 0.29) is 12.3 Å². The lowest BCUT2D eigenvalue weighted by Crippen LogP contribution is -2.31. The number of carbonyl (C=O) groups is 1. The van der Waals surface area contributed by atoms with E-state index in [2.05, 4.69) is 5.32 Å². The second-order valence-electron chi connectivity index (χ2n) is 3.61. The van der Waals surface area contributed by atoms with Crippen LogP contribution in [0.1, 0.15) is 11.7 Å². The van der Waals surface area contributed by atoms with Crippen LogP contribution in [-0.4, -0.2) is 28.8 Å². The largest absolute Gasteiger partial charge is 0.439 e. The number of nitro groups is 1. The van der Waals surface area contributed by atoms with Gasteiger partial charge in [-0.05, 0) is 17.7 Å².